The molecule has 2 aromatic carbocycles. The van der Waals surface area contributed by atoms with Crippen molar-refractivity contribution in [1.82, 2.24) is 20.1 Å². The quantitative estimate of drug-likeness (QED) is 0.229. The highest BCUT2D eigenvalue weighted by atomic mass is 32.1. The Bertz CT molecular complexity index is 1150. The highest BCUT2D eigenvalue weighted by molar-refractivity contribution is 7.80. The molecule has 0 unspecified atom stereocenters. The minimum Gasteiger partial charge on any atom is -0.501 e. The summed E-state index contributed by atoms with van der Waals surface area (Å²) in [5.41, 5.74) is 2.41. The summed E-state index contributed by atoms with van der Waals surface area (Å²) in [5.74, 6) is 0.781. The summed E-state index contributed by atoms with van der Waals surface area (Å²) in [6.07, 6.45) is 0.474. The molecule has 0 amide bonds. The van der Waals surface area contributed by atoms with Gasteiger partial charge < -0.3 is 24.8 Å². The van der Waals surface area contributed by atoms with Gasteiger partial charge in [0.2, 0.25) is 0 Å². The third-order valence-corrected chi connectivity index (χ3v) is 4.73. The smallest absolute Gasteiger partial charge is 0.501 e. The Morgan fingerprint density at radius 3 is 2.66 bits per heavy atom. The maximum atomic E-state index is 12.3. The van der Waals surface area contributed by atoms with Crippen LogP contribution >= 0.6 is 12.2 Å². The van der Waals surface area contributed by atoms with E-state index in [9.17, 15) is 13.2 Å². The first kappa shape index (κ1) is 25.8. The third kappa shape index (κ3) is 8.49. The molecule has 35 heavy (non-hydrogen) atoms. The number of halogens is 3. The molecule has 3 rings (SSSR count). The van der Waals surface area contributed by atoms with Gasteiger partial charge in [0.05, 0.1) is 31.4 Å². The summed E-state index contributed by atoms with van der Waals surface area (Å²) >= 11 is 5.32. The largest absolute Gasteiger partial charge is 0.573 e. The number of hydrogen-bond acceptors (Lipinski definition) is 6. The van der Waals surface area contributed by atoms with E-state index in [-0.39, 0.29) is 5.75 Å². The molecule has 0 atom stereocenters. The fraction of sp³-hybridized carbons (Fsp3) is 0.261. The van der Waals surface area contributed by atoms with Gasteiger partial charge in [0.25, 0.3) is 0 Å². The van der Waals surface area contributed by atoms with Crippen LogP contribution in [0.25, 0.3) is 11.8 Å². The SMILES string of the molecule is COc1ccc(C)cc1NC(=S)NCCCO/C=C/c1ncn(-c2ccc(OC(F)(F)F)cc2)n1. The molecule has 0 spiro atoms. The summed E-state index contributed by atoms with van der Waals surface area (Å²) < 4.78 is 52.8. The van der Waals surface area contributed by atoms with E-state index in [1.807, 2.05) is 25.1 Å². The van der Waals surface area contributed by atoms with Crippen LogP contribution in [0.2, 0.25) is 0 Å². The van der Waals surface area contributed by atoms with E-state index in [4.69, 9.17) is 21.7 Å². The zero-order chi connectivity index (χ0) is 25.3. The van der Waals surface area contributed by atoms with Crippen molar-refractivity contribution in [1.29, 1.82) is 0 Å². The number of nitrogens with zero attached hydrogens (tertiary/aromatic N) is 3. The van der Waals surface area contributed by atoms with E-state index in [0.29, 0.717) is 41.9 Å². The normalized spacial score (nSPS) is 11.3. The fourth-order valence-corrected chi connectivity index (χ4v) is 3.11. The Morgan fingerprint density at radius 1 is 1.17 bits per heavy atom. The highest BCUT2D eigenvalue weighted by Gasteiger charge is 2.30. The van der Waals surface area contributed by atoms with Gasteiger partial charge in [-0.1, -0.05) is 6.07 Å². The molecule has 8 nitrogen and oxygen atoms in total. The second-order valence-electron chi connectivity index (χ2n) is 7.20. The maximum absolute atomic E-state index is 12.3. The number of ether oxygens (including phenoxy) is 3. The second kappa shape index (κ2) is 12.1. The summed E-state index contributed by atoms with van der Waals surface area (Å²) in [7, 11) is 1.60. The fourth-order valence-electron chi connectivity index (χ4n) is 2.90. The van der Waals surface area contributed by atoms with E-state index in [1.165, 1.54) is 41.5 Å². The van der Waals surface area contributed by atoms with Crippen molar-refractivity contribution in [3.05, 3.63) is 66.4 Å². The van der Waals surface area contributed by atoms with Gasteiger partial charge in [-0.2, -0.15) is 0 Å². The van der Waals surface area contributed by atoms with Crippen LogP contribution in [0, 0.1) is 6.92 Å². The van der Waals surface area contributed by atoms with E-state index < -0.39 is 6.36 Å². The van der Waals surface area contributed by atoms with Crippen LogP contribution in [0.5, 0.6) is 11.5 Å². The molecular weight excluding hydrogens is 483 g/mol. The topological polar surface area (TPSA) is 82.5 Å². The standard InChI is InChI=1S/C23H24F3N5O3S/c1-16-4-9-20(32-2)19(14-16)29-22(35)27-11-3-12-33-13-10-21-28-15-31(30-21)17-5-7-18(8-6-17)34-23(24,25)26/h4-10,13-15H,3,11-12H2,1-2H3,(H2,27,29,35)/b13-10+. The van der Waals surface area contributed by atoms with E-state index in [1.54, 1.807) is 13.2 Å². The van der Waals surface area contributed by atoms with Crippen LogP contribution in [0.3, 0.4) is 0 Å². The van der Waals surface area contributed by atoms with Crippen molar-refractivity contribution < 1.29 is 27.4 Å². The van der Waals surface area contributed by atoms with E-state index in [2.05, 4.69) is 25.5 Å². The molecule has 0 aliphatic carbocycles. The van der Waals surface area contributed by atoms with Crippen molar-refractivity contribution in [3.63, 3.8) is 0 Å². The van der Waals surface area contributed by atoms with Crippen LogP contribution in [-0.2, 0) is 4.74 Å². The summed E-state index contributed by atoms with van der Waals surface area (Å²) in [5, 5.41) is 10.9. The van der Waals surface area contributed by atoms with Gasteiger partial charge in [0, 0.05) is 12.6 Å². The van der Waals surface area contributed by atoms with Gasteiger partial charge in [0.15, 0.2) is 10.9 Å². The summed E-state index contributed by atoms with van der Waals surface area (Å²) in [4.78, 5) is 4.12. The van der Waals surface area contributed by atoms with Gasteiger partial charge in [-0.05, 0) is 67.5 Å². The lowest BCUT2D eigenvalue weighted by molar-refractivity contribution is -0.274. The van der Waals surface area contributed by atoms with Crippen molar-refractivity contribution in [3.8, 4) is 17.2 Å². The molecule has 2 N–H and O–H groups in total. The van der Waals surface area contributed by atoms with Crippen LogP contribution < -0.4 is 20.1 Å². The zero-order valence-corrected chi connectivity index (χ0v) is 19.8. The predicted molar refractivity (Wildman–Crippen MR) is 130 cm³/mol. The van der Waals surface area contributed by atoms with Crippen LogP contribution in [-0.4, -0.2) is 46.5 Å². The molecule has 12 heteroatoms. The molecule has 1 aromatic heterocycles. The molecule has 0 bridgehead atoms. The van der Waals surface area contributed by atoms with Crippen LogP contribution in [0.4, 0.5) is 18.9 Å². The van der Waals surface area contributed by atoms with Crippen molar-refractivity contribution in [2.45, 2.75) is 19.7 Å². The molecule has 3 aromatic rings. The molecule has 0 fully saturated rings. The highest BCUT2D eigenvalue weighted by Crippen LogP contribution is 2.25. The monoisotopic (exact) mass is 507 g/mol. The van der Waals surface area contributed by atoms with Crippen LogP contribution in [0.1, 0.15) is 17.8 Å². The van der Waals surface area contributed by atoms with E-state index in [0.717, 1.165) is 11.3 Å². The zero-order valence-electron chi connectivity index (χ0n) is 19.0. The van der Waals surface area contributed by atoms with Gasteiger partial charge in [-0.3, -0.25) is 0 Å². The lowest BCUT2D eigenvalue weighted by Gasteiger charge is -2.14. The lowest BCUT2D eigenvalue weighted by Crippen LogP contribution is -2.29. The number of alkyl halides is 3. The Balaban J connectivity index is 1.37. The first-order valence-corrected chi connectivity index (χ1v) is 10.9. The first-order valence-electron chi connectivity index (χ1n) is 10.5. The van der Waals surface area contributed by atoms with Crippen molar-refractivity contribution >= 4 is 29.1 Å². The van der Waals surface area contributed by atoms with Gasteiger partial charge in [-0.25, -0.2) is 9.67 Å². The number of thiocarbonyl (C=S) groups is 1. The molecule has 0 aliphatic heterocycles. The van der Waals surface area contributed by atoms with Crippen molar-refractivity contribution in [2.24, 2.45) is 0 Å². The van der Waals surface area contributed by atoms with Gasteiger partial charge >= 0.3 is 6.36 Å². The number of nitrogens with one attached hydrogen (secondary N) is 2. The Hall–Kier alpha value is -3.80. The number of methoxy groups -OCH3 is 1. The Kier molecular flexibility index (Phi) is 8.90. The van der Waals surface area contributed by atoms with E-state index >= 15 is 0 Å². The molecular formula is C23H24F3N5O3S. The van der Waals surface area contributed by atoms with Crippen LogP contribution in [0.15, 0.2) is 55.1 Å². The lowest BCUT2D eigenvalue weighted by atomic mass is 10.2. The molecule has 0 saturated carbocycles. The number of rotatable bonds is 10. The second-order valence-corrected chi connectivity index (χ2v) is 7.61. The minimum absolute atomic E-state index is 0.309. The molecule has 0 saturated heterocycles. The summed E-state index contributed by atoms with van der Waals surface area (Å²) in [6, 6.07) is 11.1. The maximum Gasteiger partial charge on any atom is 0.573 e. The summed E-state index contributed by atoms with van der Waals surface area (Å²) in [6.45, 7) is 3.04. The average Bonchev–Trinajstić information content (AvgIpc) is 3.27. The van der Waals surface area contributed by atoms with Crippen molar-refractivity contribution in [2.75, 3.05) is 25.6 Å². The molecule has 186 valence electrons. The third-order valence-electron chi connectivity index (χ3n) is 4.49. The Labute approximate surface area is 205 Å². The minimum atomic E-state index is -4.74. The number of hydrogen-bond donors (Lipinski definition) is 2. The number of anilines is 1. The number of aromatic nitrogens is 3. The van der Waals surface area contributed by atoms with Gasteiger partial charge in [-0.15, -0.1) is 18.3 Å². The molecule has 0 radical (unpaired) electrons. The Morgan fingerprint density at radius 2 is 1.94 bits per heavy atom. The number of benzene rings is 2. The first-order chi connectivity index (χ1) is 16.7. The number of aryl methyl sites for hydroxylation is 1. The predicted octanol–water partition coefficient (Wildman–Crippen LogP) is 4.85. The average molecular weight is 508 g/mol. The van der Waals surface area contributed by atoms with Gasteiger partial charge in [0.1, 0.15) is 17.8 Å². The molecule has 0 aliphatic rings. The molecule has 1 heterocycles.